The van der Waals surface area contributed by atoms with Crippen molar-refractivity contribution < 1.29 is 20.0 Å². The van der Waals surface area contributed by atoms with Crippen molar-refractivity contribution in [2.75, 3.05) is 0 Å². The summed E-state index contributed by atoms with van der Waals surface area (Å²) in [6.45, 7) is 9.75. The first-order valence-electron chi connectivity index (χ1n) is 21.4. The molecule has 1 saturated heterocycles. The third-order valence-corrected chi connectivity index (χ3v) is 32.8. The van der Waals surface area contributed by atoms with E-state index in [2.05, 4.69) is 185 Å². The third kappa shape index (κ3) is 5.63. The molecular formula is C56H50Hf. The molecule has 11 rings (SSSR count). The van der Waals surface area contributed by atoms with Crippen LogP contribution in [0, 0.1) is 11.8 Å². The Hall–Kier alpha value is -4.85. The molecule has 1 heterocycles. The Bertz CT molecular complexity index is 2680. The Labute approximate surface area is 342 Å². The average Bonchev–Trinajstić information content (AvgIpc) is 3.77. The van der Waals surface area contributed by atoms with Gasteiger partial charge in [0, 0.05) is 0 Å². The number of rotatable bonds is 8. The number of benzene rings is 8. The van der Waals surface area contributed by atoms with E-state index in [4.69, 9.17) is 0 Å². The van der Waals surface area contributed by atoms with Crippen LogP contribution in [0.4, 0.5) is 0 Å². The van der Waals surface area contributed by atoms with Crippen LogP contribution in [-0.4, -0.2) is 0 Å². The van der Waals surface area contributed by atoms with E-state index in [1.165, 1.54) is 97.7 Å². The van der Waals surface area contributed by atoms with Crippen LogP contribution >= 0.6 is 0 Å². The summed E-state index contributed by atoms with van der Waals surface area (Å²) in [6.07, 6.45) is 7.79. The first-order valence-corrected chi connectivity index (χ1v) is 30.6. The number of allylic oxidation sites excluding steroid dienone is 2. The molecule has 0 bridgehead atoms. The molecule has 8 aromatic carbocycles. The molecule has 1 heteroatoms. The van der Waals surface area contributed by atoms with Gasteiger partial charge in [-0.15, -0.1) is 0 Å². The van der Waals surface area contributed by atoms with E-state index in [1.807, 2.05) is 0 Å². The normalized spacial score (nSPS) is 18.1. The van der Waals surface area contributed by atoms with Gasteiger partial charge in [-0.2, -0.15) is 0 Å². The summed E-state index contributed by atoms with van der Waals surface area (Å²) in [7, 11) is 0. The van der Waals surface area contributed by atoms with E-state index in [9.17, 15) is 0 Å². The van der Waals surface area contributed by atoms with Gasteiger partial charge in [-0.1, -0.05) is 0 Å². The van der Waals surface area contributed by atoms with E-state index in [0.717, 1.165) is 0 Å². The fourth-order valence-electron chi connectivity index (χ4n) is 11.5. The van der Waals surface area contributed by atoms with Gasteiger partial charge >= 0.3 is 345 Å². The van der Waals surface area contributed by atoms with Crippen LogP contribution in [0.3, 0.4) is 0 Å². The van der Waals surface area contributed by atoms with Gasteiger partial charge in [-0.05, 0) is 0 Å². The van der Waals surface area contributed by atoms with Gasteiger partial charge in [0.05, 0.1) is 0 Å². The van der Waals surface area contributed by atoms with Crippen molar-refractivity contribution in [1.82, 2.24) is 0 Å². The van der Waals surface area contributed by atoms with Gasteiger partial charge in [-0.3, -0.25) is 0 Å². The fraction of sp³-hybridized carbons (Fsp3) is 0.214. The van der Waals surface area contributed by atoms with Crippen molar-refractivity contribution in [3.63, 3.8) is 0 Å². The Morgan fingerprint density at radius 2 is 0.789 bits per heavy atom. The van der Waals surface area contributed by atoms with Crippen molar-refractivity contribution in [1.29, 1.82) is 0 Å². The summed E-state index contributed by atoms with van der Waals surface area (Å²) in [5.74, 6) is 1.23. The quantitative estimate of drug-likeness (QED) is 0.105. The Kier molecular flexibility index (Phi) is 8.45. The van der Waals surface area contributed by atoms with Crippen molar-refractivity contribution in [2.45, 2.75) is 56.2 Å². The SMILES string of the molecule is CC(C)CC1=Cc2c(-c3c4ccccc4cc4ccccc34)cccc2[CH]1[Hf]1([CH]2C(CC(C)C)=Cc3c(-c4c5ccccc5cc5ccccc45)cccc32)[CH2][CH2]1. The molecule has 1 fully saturated rings. The summed E-state index contributed by atoms with van der Waals surface area (Å²) in [5.41, 5.74) is 15.4. The molecule has 8 aromatic rings. The van der Waals surface area contributed by atoms with Gasteiger partial charge in [0.25, 0.3) is 0 Å². The zero-order valence-corrected chi connectivity index (χ0v) is 37.2. The van der Waals surface area contributed by atoms with Crippen molar-refractivity contribution in [3.8, 4) is 22.3 Å². The summed E-state index contributed by atoms with van der Waals surface area (Å²) in [4.78, 5) is 0. The van der Waals surface area contributed by atoms with Crippen LogP contribution in [0.5, 0.6) is 0 Å². The summed E-state index contributed by atoms with van der Waals surface area (Å²) in [5, 5.41) is 10.7. The molecular weight excluding hydrogens is 851 g/mol. The van der Waals surface area contributed by atoms with Crippen LogP contribution in [0.15, 0.2) is 157 Å². The Balaban J connectivity index is 1.12. The molecule has 0 spiro atoms. The Morgan fingerprint density at radius 3 is 1.12 bits per heavy atom. The molecule has 1 aliphatic heterocycles. The first-order chi connectivity index (χ1) is 27.9. The molecule has 0 radical (unpaired) electrons. The van der Waals surface area contributed by atoms with Gasteiger partial charge in [-0.25, -0.2) is 0 Å². The molecule has 2 unspecified atom stereocenters. The standard InChI is InChI=1S/2C27H23.C2H4.Hf/c2*1-18(2)14-19-15-20-10-7-13-25(26(20)16-19)27-23-11-5-3-8-21(23)17-22-9-4-6-12-24(22)27;1-2;/h2*3-13,15-18H,14H2,1-2H3;1-2H2;. The monoisotopic (exact) mass is 902 g/mol. The fourth-order valence-corrected chi connectivity index (χ4v) is 39.4. The van der Waals surface area contributed by atoms with Crippen LogP contribution in [-0.2, 0) is 20.0 Å². The van der Waals surface area contributed by atoms with Crippen LogP contribution in [0.2, 0.25) is 8.35 Å². The summed E-state index contributed by atoms with van der Waals surface area (Å²) >= 11 is -3.21. The van der Waals surface area contributed by atoms with Crippen LogP contribution in [0.1, 0.15) is 70.1 Å². The second kappa shape index (κ2) is 13.6. The molecule has 278 valence electrons. The number of hydrogen-bond donors (Lipinski definition) is 0. The minimum atomic E-state index is -3.21. The zero-order valence-electron chi connectivity index (χ0n) is 33.6. The molecule has 3 aliphatic rings. The molecule has 0 amide bonds. The van der Waals surface area contributed by atoms with E-state index in [-0.39, 0.29) is 0 Å². The van der Waals surface area contributed by atoms with Crippen molar-refractivity contribution >= 4 is 55.2 Å². The molecule has 0 N–H and O–H groups in total. The molecule has 2 aliphatic carbocycles. The zero-order chi connectivity index (χ0) is 38.4. The molecule has 0 nitrogen and oxygen atoms in total. The maximum absolute atomic E-state index is 3.21. The minimum absolute atomic E-state index is 0.615. The topological polar surface area (TPSA) is 0 Å². The van der Waals surface area contributed by atoms with E-state index >= 15 is 0 Å². The van der Waals surface area contributed by atoms with E-state index < -0.39 is 20.0 Å². The van der Waals surface area contributed by atoms with Crippen LogP contribution < -0.4 is 0 Å². The predicted molar refractivity (Wildman–Crippen MR) is 244 cm³/mol. The first kappa shape index (κ1) is 35.3. The summed E-state index contributed by atoms with van der Waals surface area (Å²) < 4.78 is 4.19. The van der Waals surface area contributed by atoms with Crippen molar-refractivity contribution in [3.05, 3.63) is 179 Å². The Morgan fingerprint density at radius 1 is 0.439 bits per heavy atom. The molecule has 0 saturated carbocycles. The van der Waals surface area contributed by atoms with Gasteiger partial charge in [0.1, 0.15) is 0 Å². The van der Waals surface area contributed by atoms with E-state index in [0.29, 0.717) is 19.2 Å². The van der Waals surface area contributed by atoms with Gasteiger partial charge in [0.15, 0.2) is 0 Å². The summed E-state index contributed by atoms with van der Waals surface area (Å²) in [6, 6.07) is 55.8. The second-order valence-corrected chi connectivity index (χ2v) is 34.8. The second-order valence-electron chi connectivity index (χ2n) is 18.2. The van der Waals surface area contributed by atoms with Crippen LogP contribution in [0.25, 0.3) is 77.5 Å². The van der Waals surface area contributed by atoms with E-state index in [1.54, 1.807) is 22.3 Å². The molecule has 2 atom stereocenters. The van der Waals surface area contributed by atoms with Crippen molar-refractivity contribution in [2.24, 2.45) is 11.8 Å². The molecule has 0 aromatic heterocycles. The van der Waals surface area contributed by atoms with Gasteiger partial charge in [0.2, 0.25) is 0 Å². The number of hydrogen-bond acceptors (Lipinski definition) is 0. The number of fused-ring (bicyclic) bond motifs is 6. The third-order valence-electron chi connectivity index (χ3n) is 13.6. The predicted octanol–water partition coefficient (Wildman–Crippen LogP) is 16.3. The average molecular weight is 902 g/mol. The molecule has 57 heavy (non-hydrogen) atoms. The maximum atomic E-state index is 2.71. The van der Waals surface area contributed by atoms with Gasteiger partial charge < -0.3 is 0 Å².